The Morgan fingerprint density at radius 2 is 2.19 bits per heavy atom. The first-order valence-corrected chi connectivity index (χ1v) is 6.63. The maximum atomic E-state index is 12.1. The number of rotatable bonds is 5. The lowest BCUT2D eigenvalue weighted by Gasteiger charge is -2.08. The number of nitrogens with one attached hydrogen (secondary N) is 2. The molecule has 0 aliphatic heterocycles. The predicted octanol–water partition coefficient (Wildman–Crippen LogP) is 2.11. The van der Waals surface area contributed by atoms with Crippen molar-refractivity contribution >= 4 is 23.3 Å². The van der Waals surface area contributed by atoms with E-state index < -0.39 is 0 Å². The van der Waals surface area contributed by atoms with Crippen molar-refractivity contribution in [3.05, 3.63) is 46.7 Å². The second-order valence-corrected chi connectivity index (χ2v) is 4.57. The van der Waals surface area contributed by atoms with Gasteiger partial charge in [0.05, 0.1) is 12.1 Å². The number of methoxy groups -OCH3 is 1. The standard InChI is InChI=1S/C14H15ClN4O2/c1-16-11-4-3-10(15)13(19-11)14(20)18-8-9-5-6-17-12(7-9)21-2/h3-7H,8H2,1-2H3,(H,16,19)(H,18,20). The summed E-state index contributed by atoms with van der Waals surface area (Å²) in [5.74, 6) is 0.734. The third kappa shape index (κ3) is 3.82. The van der Waals surface area contributed by atoms with Crippen LogP contribution in [0.1, 0.15) is 16.1 Å². The molecule has 0 saturated heterocycles. The minimum atomic E-state index is -0.340. The highest BCUT2D eigenvalue weighted by molar-refractivity contribution is 6.33. The van der Waals surface area contributed by atoms with Gasteiger partial charge in [-0.15, -0.1) is 0 Å². The van der Waals surface area contributed by atoms with Crippen LogP contribution in [0.5, 0.6) is 5.88 Å². The molecule has 0 aliphatic carbocycles. The molecule has 21 heavy (non-hydrogen) atoms. The van der Waals surface area contributed by atoms with E-state index in [0.717, 1.165) is 5.56 Å². The third-order valence-corrected chi connectivity index (χ3v) is 3.08. The van der Waals surface area contributed by atoms with Crippen LogP contribution in [0, 0.1) is 0 Å². The Kier molecular flexibility index (Phi) is 4.94. The lowest BCUT2D eigenvalue weighted by molar-refractivity contribution is 0.0946. The SMILES string of the molecule is CNc1ccc(Cl)c(C(=O)NCc2ccnc(OC)c2)n1. The number of hydrogen-bond acceptors (Lipinski definition) is 5. The smallest absolute Gasteiger partial charge is 0.271 e. The van der Waals surface area contributed by atoms with Crippen molar-refractivity contribution in [2.24, 2.45) is 0 Å². The van der Waals surface area contributed by atoms with E-state index in [9.17, 15) is 4.79 Å². The predicted molar refractivity (Wildman–Crippen MR) is 80.8 cm³/mol. The lowest BCUT2D eigenvalue weighted by atomic mass is 10.2. The number of hydrogen-bond donors (Lipinski definition) is 2. The second kappa shape index (κ2) is 6.90. The van der Waals surface area contributed by atoms with E-state index in [1.165, 1.54) is 7.11 Å². The molecule has 0 unspecified atom stereocenters. The van der Waals surface area contributed by atoms with Gasteiger partial charge in [-0.3, -0.25) is 4.79 Å². The van der Waals surface area contributed by atoms with Crippen molar-refractivity contribution in [3.63, 3.8) is 0 Å². The molecule has 0 saturated carbocycles. The van der Waals surface area contributed by atoms with Gasteiger partial charge in [-0.2, -0.15) is 0 Å². The van der Waals surface area contributed by atoms with E-state index in [1.807, 2.05) is 0 Å². The number of pyridine rings is 2. The van der Waals surface area contributed by atoms with Crippen LogP contribution in [0.4, 0.5) is 5.82 Å². The molecule has 0 aliphatic rings. The van der Waals surface area contributed by atoms with Crippen molar-refractivity contribution in [2.75, 3.05) is 19.5 Å². The number of carbonyl (C=O) groups excluding carboxylic acids is 1. The zero-order chi connectivity index (χ0) is 15.2. The normalized spacial score (nSPS) is 10.0. The fourth-order valence-electron chi connectivity index (χ4n) is 1.68. The minimum Gasteiger partial charge on any atom is -0.481 e. The number of carbonyl (C=O) groups is 1. The number of amides is 1. The number of anilines is 1. The van der Waals surface area contributed by atoms with Crippen molar-refractivity contribution in [1.82, 2.24) is 15.3 Å². The van der Waals surface area contributed by atoms with Gasteiger partial charge in [-0.1, -0.05) is 11.6 Å². The van der Waals surface area contributed by atoms with Gasteiger partial charge < -0.3 is 15.4 Å². The maximum Gasteiger partial charge on any atom is 0.271 e. The number of aromatic nitrogens is 2. The van der Waals surface area contributed by atoms with Crippen molar-refractivity contribution in [3.8, 4) is 5.88 Å². The molecular weight excluding hydrogens is 292 g/mol. The molecule has 2 aromatic heterocycles. The van der Waals surface area contributed by atoms with Gasteiger partial charge in [-0.25, -0.2) is 9.97 Å². The number of ether oxygens (including phenoxy) is 1. The highest BCUT2D eigenvalue weighted by Gasteiger charge is 2.13. The molecule has 2 aromatic rings. The topological polar surface area (TPSA) is 76.1 Å². The van der Waals surface area contributed by atoms with Crippen molar-refractivity contribution in [1.29, 1.82) is 0 Å². The van der Waals surface area contributed by atoms with Crippen molar-refractivity contribution in [2.45, 2.75) is 6.54 Å². The lowest BCUT2D eigenvalue weighted by Crippen LogP contribution is -2.24. The largest absolute Gasteiger partial charge is 0.481 e. The average Bonchev–Trinajstić information content (AvgIpc) is 2.53. The molecule has 0 atom stereocenters. The van der Waals surface area contributed by atoms with E-state index in [-0.39, 0.29) is 11.6 Å². The Bertz CT molecular complexity index is 649. The molecule has 0 fully saturated rings. The second-order valence-electron chi connectivity index (χ2n) is 4.17. The van der Waals surface area contributed by atoms with Gasteiger partial charge in [-0.05, 0) is 23.8 Å². The Morgan fingerprint density at radius 3 is 2.90 bits per heavy atom. The van der Waals surface area contributed by atoms with E-state index in [2.05, 4.69) is 20.6 Å². The third-order valence-electron chi connectivity index (χ3n) is 2.78. The quantitative estimate of drug-likeness (QED) is 0.885. The molecule has 0 spiro atoms. The van der Waals surface area contributed by atoms with Crippen LogP contribution in [-0.4, -0.2) is 30.0 Å². The number of nitrogens with zero attached hydrogens (tertiary/aromatic N) is 2. The van der Waals surface area contributed by atoms with Gasteiger partial charge in [0.15, 0.2) is 0 Å². The molecule has 2 heterocycles. The Hall–Kier alpha value is -2.34. The van der Waals surface area contributed by atoms with Crippen LogP contribution in [-0.2, 0) is 6.54 Å². The van der Waals surface area contributed by atoms with Gasteiger partial charge in [0.2, 0.25) is 5.88 Å². The molecule has 0 radical (unpaired) electrons. The molecular formula is C14H15ClN4O2. The molecule has 6 nitrogen and oxygen atoms in total. The van der Waals surface area contributed by atoms with Crippen LogP contribution >= 0.6 is 11.6 Å². The highest BCUT2D eigenvalue weighted by Crippen LogP contribution is 2.16. The maximum absolute atomic E-state index is 12.1. The molecule has 0 bridgehead atoms. The Morgan fingerprint density at radius 1 is 1.38 bits per heavy atom. The summed E-state index contributed by atoms with van der Waals surface area (Å²) in [6.45, 7) is 0.333. The molecule has 110 valence electrons. The molecule has 7 heteroatoms. The molecule has 2 N–H and O–H groups in total. The molecule has 1 amide bonds. The van der Waals surface area contributed by atoms with Gasteiger partial charge >= 0.3 is 0 Å². The summed E-state index contributed by atoms with van der Waals surface area (Å²) < 4.78 is 5.03. The summed E-state index contributed by atoms with van der Waals surface area (Å²) in [7, 11) is 3.26. The zero-order valence-corrected chi connectivity index (χ0v) is 12.4. The summed E-state index contributed by atoms with van der Waals surface area (Å²) in [6.07, 6.45) is 1.62. The fourth-order valence-corrected chi connectivity index (χ4v) is 1.87. The summed E-state index contributed by atoms with van der Waals surface area (Å²) in [5, 5.41) is 5.93. The highest BCUT2D eigenvalue weighted by atomic mass is 35.5. The summed E-state index contributed by atoms with van der Waals surface area (Å²) in [4.78, 5) is 20.3. The monoisotopic (exact) mass is 306 g/mol. The average molecular weight is 307 g/mol. The minimum absolute atomic E-state index is 0.185. The van der Waals surface area contributed by atoms with Crippen LogP contribution < -0.4 is 15.4 Å². The van der Waals surface area contributed by atoms with Gasteiger partial charge in [0.1, 0.15) is 11.5 Å². The van der Waals surface area contributed by atoms with Gasteiger partial charge in [0, 0.05) is 25.9 Å². The van der Waals surface area contributed by atoms with Crippen LogP contribution in [0.15, 0.2) is 30.5 Å². The van der Waals surface area contributed by atoms with Crippen LogP contribution in [0.3, 0.4) is 0 Å². The van der Waals surface area contributed by atoms with Crippen LogP contribution in [0.2, 0.25) is 5.02 Å². The first-order chi connectivity index (χ1) is 10.1. The van der Waals surface area contributed by atoms with E-state index in [1.54, 1.807) is 37.5 Å². The van der Waals surface area contributed by atoms with E-state index in [0.29, 0.717) is 23.3 Å². The first kappa shape index (κ1) is 15.1. The first-order valence-electron chi connectivity index (χ1n) is 6.25. The summed E-state index contributed by atoms with van der Waals surface area (Å²) in [6, 6.07) is 6.87. The fraction of sp³-hybridized carbons (Fsp3) is 0.214. The van der Waals surface area contributed by atoms with E-state index >= 15 is 0 Å². The molecule has 2 rings (SSSR count). The summed E-state index contributed by atoms with van der Waals surface area (Å²) in [5.41, 5.74) is 1.06. The van der Waals surface area contributed by atoms with Gasteiger partial charge in [0.25, 0.3) is 5.91 Å². The number of halogens is 1. The van der Waals surface area contributed by atoms with Crippen LogP contribution in [0.25, 0.3) is 0 Å². The zero-order valence-electron chi connectivity index (χ0n) is 11.7. The Balaban J connectivity index is 2.07. The van der Waals surface area contributed by atoms with Crippen molar-refractivity contribution < 1.29 is 9.53 Å². The van der Waals surface area contributed by atoms with E-state index in [4.69, 9.17) is 16.3 Å². The molecule has 0 aromatic carbocycles. The summed E-state index contributed by atoms with van der Waals surface area (Å²) >= 11 is 6.00. The Labute approximate surface area is 127 Å².